The van der Waals surface area contributed by atoms with Crippen molar-refractivity contribution < 1.29 is 9.50 Å². The molecule has 1 aromatic carbocycles. The molecule has 78 valence electrons. The third-order valence-electron chi connectivity index (χ3n) is 2.01. The van der Waals surface area contributed by atoms with E-state index in [4.69, 9.17) is 5.11 Å². The number of nitrogens with zero attached hydrogens (tertiary/aromatic N) is 1. The molecule has 0 saturated heterocycles. The predicted molar refractivity (Wildman–Crippen MR) is 57.6 cm³/mol. The number of aromatic amines is 1. The number of rotatable bonds is 2. The molecular formula is C10H8BrFN2O. The van der Waals surface area contributed by atoms with Gasteiger partial charge in [-0.25, -0.2) is 4.39 Å². The first-order valence-corrected chi connectivity index (χ1v) is 5.10. The Bertz CT molecular complexity index is 484. The highest BCUT2D eigenvalue weighted by molar-refractivity contribution is 9.10. The van der Waals surface area contributed by atoms with Crippen LogP contribution in [0.2, 0.25) is 0 Å². The van der Waals surface area contributed by atoms with Gasteiger partial charge in [0.1, 0.15) is 5.82 Å². The molecule has 0 radical (unpaired) electrons. The van der Waals surface area contributed by atoms with Gasteiger partial charge in [0, 0.05) is 10.0 Å². The molecule has 0 atom stereocenters. The number of aliphatic hydroxyl groups is 1. The molecular weight excluding hydrogens is 263 g/mol. The Labute approximate surface area is 94.1 Å². The van der Waals surface area contributed by atoms with E-state index >= 15 is 0 Å². The van der Waals surface area contributed by atoms with Crippen LogP contribution in [0.15, 0.2) is 28.7 Å². The summed E-state index contributed by atoms with van der Waals surface area (Å²) < 4.78 is 14.2. The predicted octanol–water partition coefficient (Wildman–Crippen LogP) is 2.47. The standard InChI is InChI=1S/C10H8BrFN2O/c11-6-1-2-8(9(12)3-6)10-4-7(5-15)13-14-10/h1-4,15H,5H2,(H,13,14). The van der Waals surface area contributed by atoms with Crippen LogP contribution in [0.25, 0.3) is 11.3 Å². The van der Waals surface area contributed by atoms with Crippen LogP contribution in [0.1, 0.15) is 5.69 Å². The van der Waals surface area contributed by atoms with Crippen LogP contribution in [0, 0.1) is 5.82 Å². The van der Waals surface area contributed by atoms with Crippen LogP contribution >= 0.6 is 15.9 Å². The van der Waals surface area contributed by atoms with Gasteiger partial charge in [0.15, 0.2) is 0 Å². The van der Waals surface area contributed by atoms with Gasteiger partial charge in [-0.15, -0.1) is 0 Å². The number of hydrogen-bond acceptors (Lipinski definition) is 2. The van der Waals surface area contributed by atoms with Gasteiger partial charge >= 0.3 is 0 Å². The summed E-state index contributed by atoms with van der Waals surface area (Å²) >= 11 is 3.18. The number of aromatic nitrogens is 2. The summed E-state index contributed by atoms with van der Waals surface area (Å²) in [5.74, 6) is -0.347. The molecule has 0 aliphatic rings. The van der Waals surface area contributed by atoms with Gasteiger partial charge in [0.25, 0.3) is 0 Å². The minimum absolute atomic E-state index is 0.134. The minimum atomic E-state index is -0.347. The molecule has 5 heteroatoms. The smallest absolute Gasteiger partial charge is 0.133 e. The first kappa shape index (κ1) is 10.3. The fourth-order valence-corrected chi connectivity index (χ4v) is 1.61. The molecule has 0 unspecified atom stereocenters. The zero-order chi connectivity index (χ0) is 10.8. The SMILES string of the molecule is OCc1cc(-c2ccc(Br)cc2F)n[nH]1. The van der Waals surface area contributed by atoms with Gasteiger partial charge in [-0.3, -0.25) is 5.10 Å². The average Bonchev–Trinajstić information content (AvgIpc) is 2.66. The highest BCUT2D eigenvalue weighted by Crippen LogP contribution is 2.24. The molecule has 15 heavy (non-hydrogen) atoms. The van der Waals surface area contributed by atoms with Crippen LogP contribution in [0.3, 0.4) is 0 Å². The zero-order valence-corrected chi connectivity index (χ0v) is 9.25. The van der Waals surface area contributed by atoms with Gasteiger partial charge in [-0.05, 0) is 24.3 Å². The topological polar surface area (TPSA) is 48.9 Å². The second kappa shape index (κ2) is 4.12. The molecule has 0 spiro atoms. The van der Waals surface area contributed by atoms with Gasteiger partial charge in [-0.2, -0.15) is 5.10 Å². The molecule has 0 saturated carbocycles. The minimum Gasteiger partial charge on any atom is -0.390 e. The van der Waals surface area contributed by atoms with E-state index in [1.165, 1.54) is 6.07 Å². The maximum Gasteiger partial charge on any atom is 0.133 e. The molecule has 2 rings (SSSR count). The van der Waals surface area contributed by atoms with Crippen LogP contribution in [-0.4, -0.2) is 15.3 Å². The van der Waals surface area contributed by atoms with E-state index in [0.29, 0.717) is 21.4 Å². The molecule has 2 aromatic rings. The quantitative estimate of drug-likeness (QED) is 0.881. The fourth-order valence-electron chi connectivity index (χ4n) is 1.28. The van der Waals surface area contributed by atoms with Crippen molar-refractivity contribution in [1.82, 2.24) is 10.2 Å². The number of benzene rings is 1. The van der Waals surface area contributed by atoms with E-state index in [1.807, 2.05) is 0 Å². The Balaban J connectivity index is 2.44. The molecule has 1 heterocycles. The molecule has 0 aliphatic heterocycles. The maximum absolute atomic E-state index is 13.5. The van der Waals surface area contributed by atoms with Crippen molar-refractivity contribution >= 4 is 15.9 Å². The highest BCUT2D eigenvalue weighted by atomic mass is 79.9. The third kappa shape index (κ3) is 2.08. The molecule has 0 bridgehead atoms. The zero-order valence-electron chi connectivity index (χ0n) is 7.67. The van der Waals surface area contributed by atoms with Crippen molar-refractivity contribution in [3.63, 3.8) is 0 Å². The van der Waals surface area contributed by atoms with Gasteiger partial charge < -0.3 is 5.11 Å². The largest absolute Gasteiger partial charge is 0.390 e. The normalized spacial score (nSPS) is 10.6. The van der Waals surface area contributed by atoms with Crippen molar-refractivity contribution in [3.05, 3.63) is 40.2 Å². The van der Waals surface area contributed by atoms with Crippen molar-refractivity contribution in [3.8, 4) is 11.3 Å². The summed E-state index contributed by atoms with van der Waals surface area (Å²) in [5.41, 5.74) is 1.46. The second-order valence-corrected chi connectivity index (χ2v) is 3.98. The van der Waals surface area contributed by atoms with E-state index in [9.17, 15) is 4.39 Å². The highest BCUT2D eigenvalue weighted by Gasteiger charge is 2.08. The van der Waals surface area contributed by atoms with Gasteiger partial charge in [0.2, 0.25) is 0 Å². The monoisotopic (exact) mass is 270 g/mol. The van der Waals surface area contributed by atoms with Gasteiger partial charge in [-0.1, -0.05) is 15.9 Å². The number of hydrogen-bond donors (Lipinski definition) is 2. The Kier molecular flexibility index (Phi) is 2.83. The van der Waals surface area contributed by atoms with Crippen LogP contribution in [-0.2, 0) is 6.61 Å². The summed E-state index contributed by atoms with van der Waals surface area (Å²) in [6.07, 6.45) is 0. The number of aliphatic hydroxyl groups excluding tert-OH is 1. The van der Waals surface area contributed by atoms with E-state index in [0.717, 1.165) is 0 Å². The van der Waals surface area contributed by atoms with Crippen molar-refractivity contribution in [1.29, 1.82) is 0 Å². The second-order valence-electron chi connectivity index (χ2n) is 3.06. The van der Waals surface area contributed by atoms with E-state index in [1.54, 1.807) is 18.2 Å². The van der Waals surface area contributed by atoms with E-state index in [2.05, 4.69) is 26.1 Å². The molecule has 3 nitrogen and oxygen atoms in total. The molecule has 0 fully saturated rings. The lowest BCUT2D eigenvalue weighted by Crippen LogP contribution is -1.84. The lowest BCUT2D eigenvalue weighted by Gasteiger charge is -1.98. The van der Waals surface area contributed by atoms with E-state index in [-0.39, 0.29) is 12.4 Å². The van der Waals surface area contributed by atoms with E-state index < -0.39 is 0 Å². The van der Waals surface area contributed by atoms with Crippen molar-refractivity contribution in [2.45, 2.75) is 6.61 Å². The summed E-state index contributed by atoms with van der Waals surface area (Å²) in [6, 6.07) is 6.37. The molecule has 0 aliphatic carbocycles. The lowest BCUT2D eigenvalue weighted by molar-refractivity contribution is 0.276. The van der Waals surface area contributed by atoms with Crippen molar-refractivity contribution in [2.24, 2.45) is 0 Å². The van der Waals surface area contributed by atoms with Crippen LogP contribution < -0.4 is 0 Å². The summed E-state index contributed by atoms with van der Waals surface area (Å²) in [6.45, 7) is -0.134. The first-order chi connectivity index (χ1) is 7.20. The fraction of sp³-hybridized carbons (Fsp3) is 0.100. The Morgan fingerprint density at radius 2 is 2.20 bits per heavy atom. The van der Waals surface area contributed by atoms with Crippen LogP contribution in [0.5, 0.6) is 0 Å². The van der Waals surface area contributed by atoms with Gasteiger partial charge in [0.05, 0.1) is 18.0 Å². The lowest BCUT2D eigenvalue weighted by atomic mass is 10.1. The Morgan fingerprint density at radius 1 is 1.40 bits per heavy atom. The molecule has 1 aromatic heterocycles. The molecule has 0 amide bonds. The summed E-state index contributed by atoms with van der Waals surface area (Å²) in [4.78, 5) is 0. The Hall–Kier alpha value is -1.20. The number of nitrogens with one attached hydrogen (secondary N) is 1. The maximum atomic E-state index is 13.5. The number of halogens is 2. The third-order valence-corrected chi connectivity index (χ3v) is 2.50. The van der Waals surface area contributed by atoms with Crippen molar-refractivity contribution in [2.75, 3.05) is 0 Å². The average molecular weight is 271 g/mol. The molecule has 2 N–H and O–H groups in total. The first-order valence-electron chi connectivity index (χ1n) is 4.31. The van der Waals surface area contributed by atoms with Crippen LogP contribution in [0.4, 0.5) is 4.39 Å². The summed E-state index contributed by atoms with van der Waals surface area (Å²) in [5, 5.41) is 15.4. The summed E-state index contributed by atoms with van der Waals surface area (Å²) in [7, 11) is 0. The number of H-pyrrole nitrogens is 1. The Morgan fingerprint density at radius 3 is 2.80 bits per heavy atom.